The highest BCUT2D eigenvalue weighted by Gasteiger charge is 2.25. The normalized spacial score (nSPS) is 14.2. The third-order valence-corrected chi connectivity index (χ3v) is 4.98. The molecule has 0 fully saturated rings. The van der Waals surface area contributed by atoms with Gasteiger partial charge in [-0.15, -0.1) is 0 Å². The van der Waals surface area contributed by atoms with Gasteiger partial charge < -0.3 is 5.32 Å². The standard InChI is InChI=1S/C21H19F2N3O/c1-2-26-10-9-19-15(12-26)20(14-5-3-4-6-18(14)25-19)21(27)24-13-7-8-16(22)17(23)11-13/h3-8,11H,2,9-10,12H2,1H3,(H,24,27). The summed E-state index contributed by atoms with van der Waals surface area (Å²) >= 11 is 0. The van der Waals surface area contributed by atoms with Crippen molar-refractivity contribution in [2.45, 2.75) is 19.9 Å². The van der Waals surface area contributed by atoms with Gasteiger partial charge in [-0.25, -0.2) is 8.78 Å². The fourth-order valence-corrected chi connectivity index (χ4v) is 3.54. The van der Waals surface area contributed by atoms with Crippen molar-refractivity contribution < 1.29 is 13.6 Å². The second-order valence-electron chi connectivity index (χ2n) is 6.63. The lowest BCUT2D eigenvalue weighted by Crippen LogP contribution is -2.33. The van der Waals surface area contributed by atoms with Crippen LogP contribution in [0.25, 0.3) is 10.9 Å². The van der Waals surface area contributed by atoms with Crippen LogP contribution in [0.5, 0.6) is 0 Å². The van der Waals surface area contributed by atoms with E-state index < -0.39 is 11.6 Å². The van der Waals surface area contributed by atoms with Crippen LogP contribution in [0.2, 0.25) is 0 Å². The fourth-order valence-electron chi connectivity index (χ4n) is 3.54. The summed E-state index contributed by atoms with van der Waals surface area (Å²) in [6, 6.07) is 10.9. The molecular weight excluding hydrogens is 348 g/mol. The molecule has 1 aliphatic rings. The van der Waals surface area contributed by atoms with Gasteiger partial charge in [0.2, 0.25) is 0 Å². The number of fused-ring (bicyclic) bond motifs is 2. The Morgan fingerprint density at radius 1 is 1.19 bits per heavy atom. The van der Waals surface area contributed by atoms with E-state index in [2.05, 4.69) is 17.1 Å². The summed E-state index contributed by atoms with van der Waals surface area (Å²) in [5.74, 6) is -2.28. The highest BCUT2D eigenvalue weighted by Crippen LogP contribution is 2.29. The number of hydrogen-bond donors (Lipinski definition) is 1. The second-order valence-corrected chi connectivity index (χ2v) is 6.63. The number of pyridine rings is 1. The van der Waals surface area contributed by atoms with Crippen molar-refractivity contribution in [1.82, 2.24) is 9.88 Å². The van der Waals surface area contributed by atoms with E-state index in [9.17, 15) is 13.6 Å². The van der Waals surface area contributed by atoms with E-state index in [0.717, 1.165) is 53.8 Å². The number of carbonyl (C=O) groups excluding carboxylic acids is 1. The number of carbonyl (C=O) groups is 1. The molecule has 6 heteroatoms. The number of hydrogen-bond acceptors (Lipinski definition) is 3. The smallest absolute Gasteiger partial charge is 0.256 e. The molecule has 0 saturated heterocycles. The molecule has 1 N–H and O–H groups in total. The van der Waals surface area contributed by atoms with Crippen LogP contribution in [0.4, 0.5) is 14.5 Å². The molecule has 1 amide bonds. The first-order chi connectivity index (χ1) is 13.1. The van der Waals surface area contributed by atoms with Gasteiger partial charge in [0.15, 0.2) is 11.6 Å². The molecule has 0 unspecified atom stereocenters. The van der Waals surface area contributed by atoms with Crippen LogP contribution in [-0.4, -0.2) is 28.9 Å². The van der Waals surface area contributed by atoms with Gasteiger partial charge in [-0.2, -0.15) is 0 Å². The molecule has 1 aromatic heterocycles. The minimum Gasteiger partial charge on any atom is -0.322 e. The molecule has 3 aromatic rings. The van der Waals surface area contributed by atoms with Crippen molar-refractivity contribution in [3.8, 4) is 0 Å². The van der Waals surface area contributed by atoms with Gasteiger partial charge >= 0.3 is 0 Å². The maximum atomic E-state index is 13.5. The highest BCUT2D eigenvalue weighted by molar-refractivity contribution is 6.13. The summed E-state index contributed by atoms with van der Waals surface area (Å²) in [6.45, 7) is 4.51. The summed E-state index contributed by atoms with van der Waals surface area (Å²) in [6.07, 6.45) is 0.777. The van der Waals surface area contributed by atoms with Gasteiger partial charge in [0.25, 0.3) is 5.91 Å². The Morgan fingerprint density at radius 2 is 2.00 bits per heavy atom. The first kappa shape index (κ1) is 17.5. The van der Waals surface area contributed by atoms with Crippen LogP contribution in [-0.2, 0) is 13.0 Å². The predicted octanol–water partition coefficient (Wildman–Crippen LogP) is 4.14. The molecule has 2 heterocycles. The lowest BCUT2D eigenvalue weighted by Gasteiger charge is -2.29. The Kier molecular flexibility index (Phi) is 4.58. The Hall–Kier alpha value is -2.86. The molecule has 0 aliphatic carbocycles. The van der Waals surface area contributed by atoms with Crippen LogP contribution in [0.1, 0.15) is 28.5 Å². The topological polar surface area (TPSA) is 45.2 Å². The quantitative estimate of drug-likeness (QED) is 0.757. The van der Waals surface area contributed by atoms with Gasteiger partial charge in [0, 0.05) is 47.9 Å². The van der Waals surface area contributed by atoms with Gasteiger partial charge in [-0.05, 0) is 24.7 Å². The van der Waals surface area contributed by atoms with Crippen molar-refractivity contribution in [1.29, 1.82) is 0 Å². The molecule has 0 radical (unpaired) electrons. The number of likely N-dealkylation sites (N-methyl/N-ethyl adjacent to an activating group) is 1. The summed E-state index contributed by atoms with van der Waals surface area (Å²) < 4.78 is 26.7. The van der Waals surface area contributed by atoms with E-state index in [-0.39, 0.29) is 11.6 Å². The van der Waals surface area contributed by atoms with Crippen LogP contribution < -0.4 is 5.32 Å². The lowest BCUT2D eigenvalue weighted by atomic mass is 9.95. The molecule has 0 saturated carbocycles. The van der Waals surface area contributed by atoms with Crippen LogP contribution >= 0.6 is 0 Å². The van der Waals surface area contributed by atoms with Gasteiger partial charge in [0.05, 0.1) is 11.1 Å². The molecule has 27 heavy (non-hydrogen) atoms. The largest absolute Gasteiger partial charge is 0.322 e. The third-order valence-electron chi connectivity index (χ3n) is 4.98. The second kappa shape index (κ2) is 7.04. The minimum atomic E-state index is -0.994. The first-order valence-corrected chi connectivity index (χ1v) is 8.96. The maximum absolute atomic E-state index is 13.5. The number of amides is 1. The number of rotatable bonds is 3. The predicted molar refractivity (Wildman–Crippen MR) is 101 cm³/mol. The van der Waals surface area contributed by atoms with E-state index in [0.29, 0.717) is 12.1 Å². The number of aromatic nitrogens is 1. The molecule has 0 spiro atoms. The number of nitrogens with one attached hydrogen (secondary N) is 1. The zero-order valence-corrected chi connectivity index (χ0v) is 14.9. The molecule has 1 aliphatic heterocycles. The molecule has 4 nitrogen and oxygen atoms in total. The van der Waals surface area contributed by atoms with E-state index in [1.165, 1.54) is 6.07 Å². The first-order valence-electron chi connectivity index (χ1n) is 8.96. The molecule has 4 rings (SSSR count). The van der Waals surface area contributed by atoms with E-state index in [1.807, 2.05) is 24.3 Å². The fraction of sp³-hybridized carbons (Fsp3) is 0.238. The average molecular weight is 367 g/mol. The summed E-state index contributed by atoms with van der Waals surface area (Å²) in [7, 11) is 0. The summed E-state index contributed by atoms with van der Waals surface area (Å²) in [4.78, 5) is 20.1. The van der Waals surface area contributed by atoms with Crippen molar-refractivity contribution in [2.24, 2.45) is 0 Å². The Balaban J connectivity index is 1.81. The number of halogens is 2. The van der Waals surface area contributed by atoms with Gasteiger partial charge in [-0.1, -0.05) is 25.1 Å². The van der Waals surface area contributed by atoms with Crippen LogP contribution in [0.3, 0.4) is 0 Å². The van der Waals surface area contributed by atoms with Crippen LogP contribution in [0.15, 0.2) is 42.5 Å². The van der Waals surface area contributed by atoms with Gasteiger partial charge in [-0.3, -0.25) is 14.7 Å². The van der Waals surface area contributed by atoms with Crippen molar-refractivity contribution in [3.63, 3.8) is 0 Å². The molecule has 0 atom stereocenters. The van der Waals surface area contributed by atoms with Crippen molar-refractivity contribution in [2.75, 3.05) is 18.4 Å². The third kappa shape index (κ3) is 3.28. The number of anilines is 1. The molecule has 0 bridgehead atoms. The molecule has 2 aromatic carbocycles. The van der Waals surface area contributed by atoms with Crippen molar-refractivity contribution >= 4 is 22.5 Å². The van der Waals surface area contributed by atoms with Crippen molar-refractivity contribution in [3.05, 3.63) is 70.9 Å². The van der Waals surface area contributed by atoms with E-state index >= 15 is 0 Å². The Bertz CT molecular complexity index is 1040. The zero-order valence-electron chi connectivity index (χ0n) is 14.9. The number of para-hydroxylation sites is 1. The molecule has 138 valence electrons. The van der Waals surface area contributed by atoms with Gasteiger partial charge in [0.1, 0.15) is 0 Å². The lowest BCUT2D eigenvalue weighted by molar-refractivity contribution is 0.102. The zero-order chi connectivity index (χ0) is 19.0. The Morgan fingerprint density at radius 3 is 2.78 bits per heavy atom. The van der Waals surface area contributed by atoms with E-state index in [4.69, 9.17) is 4.98 Å². The SMILES string of the molecule is CCN1CCc2nc3ccccc3c(C(=O)Nc3ccc(F)c(F)c3)c2C1. The van der Waals surface area contributed by atoms with E-state index in [1.54, 1.807) is 0 Å². The molecular formula is C21H19F2N3O. The van der Waals surface area contributed by atoms with Crippen LogP contribution in [0, 0.1) is 11.6 Å². The minimum absolute atomic E-state index is 0.219. The summed E-state index contributed by atoms with van der Waals surface area (Å²) in [5.41, 5.74) is 3.36. The highest BCUT2D eigenvalue weighted by atomic mass is 19.2. The number of nitrogens with zero attached hydrogens (tertiary/aromatic N) is 2. The Labute approximate surface area is 155 Å². The monoisotopic (exact) mass is 367 g/mol. The maximum Gasteiger partial charge on any atom is 0.256 e. The average Bonchev–Trinajstić information content (AvgIpc) is 2.68. The summed E-state index contributed by atoms with van der Waals surface area (Å²) in [5, 5.41) is 3.47. The number of benzene rings is 2.